The van der Waals surface area contributed by atoms with Crippen LogP contribution in [0.4, 0.5) is 5.69 Å². The van der Waals surface area contributed by atoms with Crippen molar-refractivity contribution in [3.63, 3.8) is 0 Å². The lowest BCUT2D eigenvalue weighted by Crippen LogP contribution is -2.19. The summed E-state index contributed by atoms with van der Waals surface area (Å²) in [5, 5.41) is 11.5. The van der Waals surface area contributed by atoms with Gasteiger partial charge in [0.25, 0.3) is 0 Å². The number of carboxylic acid groups (broad SMARTS) is 1. The van der Waals surface area contributed by atoms with Crippen molar-refractivity contribution in [2.75, 3.05) is 5.32 Å². The van der Waals surface area contributed by atoms with E-state index in [0.717, 1.165) is 6.42 Å². The Morgan fingerprint density at radius 1 is 1.53 bits per heavy atom. The highest BCUT2D eigenvalue weighted by atomic mass is 16.4. The molecule has 90 valence electrons. The molecule has 1 unspecified atom stereocenters. The van der Waals surface area contributed by atoms with Crippen LogP contribution < -0.4 is 5.32 Å². The highest BCUT2D eigenvalue weighted by Gasteiger charge is 2.50. The quantitative estimate of drug-likeness (QED) is 0.835. The summed E-state index contributed by atoms with van der Waals surface area (Å²) < 4.78 is 0. The smallest absolute Gasteiger partial charge is 0.356 e. The fourth-order valence-electron chi connectivity index (χ4n) is 1.81. The van der Waals surface area contributed by atoms with Crippen LogP contribution >= 0.6 is 0 Å². The molecule has 0 aliphatic heterocycles. The van der Waals surface area contributed by atoms with E-state index < -0.39 is 5.97 Å². The molecule has 1 fully saturated rings. The number of amides is 1. The minimum atomic E-state index is -1.14. The average Bonchev–Trinajstić information content (AvgIpc) is 2.88. The van der Waals surface area contributed by atoms with Crippen molar-refractivity contribution in [1.82, 2.24) is 4.98 Å². The maximum absolute atomic E-state index is 11.8. The topological polar surface area (TPSA) is 79.3 Å². The van der Waals surface area contributed by atoms with E-state index in [-0.39, 0.29) is 28.6 Å². The molecule has 1 aliphatic carbocycles. The second-order valence-corrected chi connectivity index (χ2v) is 4.94. The highest BCUT2D eigenvalue weighted by Crippen LogP contribution is 2.52. The molecule has 0 aromatic carbocycles. The Hall–Kier alpha value is -1.91. The van der Waals surface area contributed by atoms with Crippen LogP contribution in [-0.2, 0) is 4.79 Å². The van der Waals surface area contributed by atoms with Gasteiger partial charge in [0.05, 0.1) is 5.69 Å². The number of rotatable bonds is 3. The normalized spacial score (nSPS) is 20.7. The predicted octanol–water partition coefficient (Wildman–Crippen LogP) is 1.76. The molecule has 0 spiro atoms. The van der Waals surface area contributed by atoms with Crippen LogP contribution in [0.25, 0.3) is 0 Å². The summed E-state index contributed by atoms with van der Waals surface area (Å²) in [7, 11) is 0. The summed E-state index contributed by atoms with van der Waals surface area (Å²) in [6.45, 7) is 4.02. The van der Waals surface area contributed by atoms with Gasteiger partial charge in [-0.05, 0) is 24.0 Å². The standard InChI is InChI=1S/C12H14N2O3/c1-12(2)6-7(12)10(15)14-8-4-3-5-13-9(8)11(16)17/h3-5,7H,6H2,1-2H3,(H,14,15)(H,16,17). The third-order valence-electron chi connectivity index (χ3n) is 3.10. The molecule has 1 saturated carbocycles. The number of hydrogen-bond acceptors (Lipinski definition) is 3. The molecule has 5 nitrogen and oxygen atoms in total. The van der Waals surface area contributed by atoms with Crippen molar-refractivity contribution in [2.24, 2.45) is 11.3 Å². The van der Waals surface area contributed by atoms with Crippen LogP contribution in [-0.4, -0.2) is 22.0 Å². The second-order valence-electron chi connectivity index (χ2n) is 4.94. The highest BCUT2D eigenvalue weighted by molar-refractivity contribution is 6.00. The van der Waals surface area contributed by atoms with E-state index >= 15 is 0 Å². The Kier molecular flexibility index (Phi) is 2.61. The Labute approximate surface area is 98.9 Å². The van der Waals surface area contributed by atoms with Crippen molar-refractivity contribution in [1.29, 1.82) is 0 Å². The Morgan fingerprint density at radius 3 is 2.71 bits per heavy atom. The van der Waals surface area contributed by atoms with Crippen LogP contribution in [0.1, 0.15) is 30.8 Å². The lowest BCUT2D eigenvalue weighted by Gasteiger charge is -2.08. The summed E-state index contributed by atoms with van der Waals surface area (Å²) >= 11 is 0. The van der Waals surface area contributed by atoms with Gasteiger partial charge in [0.2, 0.25) is 5.91 Å². The van der Waals surface area contributed by atoms with Gasteiger partial charge in [0.15, 0.2) is 5.69 Å². The Balaban J connectivity index is 2.14. The fourth-order valence-corrected chi connectivity index (χ4v) is 1.81. The van der Waals surface area contributed by atoms with Crippen LogP contribution in [0.3, 0.4) is 0 Å². The van der Waals surface area contributed by atoms with Crippen LogP contribution in [0, 0.1) is 11.3 Å². The molecule has 0 bridgehead atoms. The number of pyridine rings is 1. The molecule has 5 heteroatoms. The van der Waals surface area contributed by atoms with E-state index in [4.69, 9.17) is 5.11 Å². The van der Waals surface area contributed by atoms with Crippen LogP contribution in [0.5, 0.6) is 0 Å². The van der Waals surface area contributed by atoms with Gasteiger partial charge in [-0.25, -0.2) is 9.78 Å². The first-order chi connectivity index (χ1) is 7.92. The number of hydrogen-bond donors (Lipinski definition) is 2. The molecule has 1 aromatic heterocycles. The molecule has 1 aliphatic rings. The number of aromatic carboxylic acids is 1. The summed E-state index contributed by atoms with van der Waals surface area (Å²) in [5.74, 6) is -1.31. The van der Waals surface area contributed by atoms with Gasteiger partial charge in [0, 0.05) is 12.1 Å². The number of nitrogens with one attached hydrogen (secondary N) is 1. The molecule has 2 rings (SSSR count). The van der Waals surface area contributed by atoms with Crippen LogP contribution in [0.15, 0.2) is 18.3 Å². The van der Waals surface area contributed by atoms with Crippen molar-refractivity contribution in [2.45, 2.75) is 20.3 Å². The van der Waals surface area contributed by atoms with Gasteiger partial charge in [-0.3, -0.25) is 4.79 Å². The van der Waals surface area contributed by atoms with E-state index in [9.17, 15) is 9.59 Å². The molecule has 1 aromatic rings. The zero-order chi connectivity index (χ0) is 12.6. The van der Waals surface area contributed by atoms with Crippen LogP contribution in [0.2, 0.25) is 0 Å². The van der Waals surface area contributed by atoms with Gasteiger partial charge in [0.1, 0.15) is 0 Å². The van der Waals surface area contributed by atoms with Gasteiger partial charge in [-0.2, -0.15) is 0 Å². The summed E-state index contributed by atoms with van der Waals surface area (Å²) in [5.41, 5.74) is 0.155. The average molecular weight is 234 g/mol. The van der Waals surface area contributed by atoms with Crippen molar-refractivity contribution >= 4 is 17.6 Å². The summed E-state index contributed by atoms with van der Waals surface area (Å²) in [6, 6.07) is 3.14. The first-order valence-corrected chi connectivity index (χ1v) is 5.41. The zero-order valence-corrected chi connectivity index (χ0v) is 9.73. The third kappa shape index (κ3) is 2.27. The SMILES string of the molecule is CC1(C)CC1C(=O)Nc1cccnc1C(=O)O. The summed E-state index contributed by atoms with van der Waals surface area (Å²) in [6.07, 6.45) is 2.22. The van der Waals surface area contributed by atoms with Gasteiger partial charge < -0.3 is 10.4 Å². The molecule has 17 heavy (non-hydrogen) atoms. The second kappa shape index (κ2) is 3.84. The number of carbonyl (C=O) groups excluding carboxylic acids is 1. The van der Waals surface area contributed by atoms with Gasteiger partial charge >= 0.3 is 5.97 Å². The molecule has 2 N–H and O–H groups in total. The maximum atomic E-state index is 11.8. The molecule has 1 heterocycles. The predicted molar refractivity (Wildman–Crippen MR) is 61.7 cm³/mol. The molecule has 0 saturated heterocycles. The number of carbonyl (C=O) groups is 2. The number of nitrogens with zero attached hydrogens (tertiary/aromatic N) is 1. The molecule has 0 radical (unpaired) electrons. The lowest BCUT2D eigenvalue weighted by molar-refractivity contribution is -0.118. The minimum Gasteiger partial charge on any atom is -0.476 e. The van der Waals surface area contributed by atoms with Crippen molar-refractivity contribution < 1.29 is 14.7 Å². The van der Waals surface area contributed by atoms with Gasteiger partial charge in [-0.1, -0.05) is 13.8 Å². The first kappa shape index (κ1) is 11.6. The largest absolute Gasteiger partial charge is 0.476 e. The molecular weight excluding hydrogens is 220 g/mol. The fraction of sp³-hybridized carbons (Fsp3) is 0.417. The van der Waals surface area contributed by atoms with E-state index in [1.165, 1.54) is 6.20 Å². The van der Waals surface area contributed by atoms with Crippen molar-refractivity contribution in [3.05, 3.63) is 24.0 Å². The number of aromatic nitrogens is 1. The van der Waals surface area contributed by atoms with E-state index in [1.807, 2.05) is 13.8 Å². The third-order valence-corrected chi connectivity index (χ3v) is 3.10. The number of anilines is 1. The molecule has 1 amide bonds. The lowest BCUT2D eigenvalue weighted by atomic mass is 10.1. The van der Waals surface area contributed by atoms with E-state index in [1.54, 1.807) is 12.1 Å². The molecule has 1 atom stereocenters. The Morgan fingerprint density at radius 2 is 2.18 bits per heavy atom. The van der Waals surface area contributed by atoms with Gasteiger partial charge in [-0.15, -0.1) is 0 Å². The first-order valence-electron chi connectivity index (χ1n) is 5.41. The minimum absolute atomic E-state index is 0.0235. The van der Waals surface area contributed by atoms with E-state index in [0.29, 0.717) is 0 Å². The Bertz CT molecular complexity index is 482. The zero-order valence-electron chi connectivity index (χ0n) is 9.73. The van der Waals surface area contributed by atoms with E-state index in [2.05, 4.69) is 10.3 Å². The maximum Gasteiger partial charge on any atom is 0.356 e. The number of carboxylic acids is 1. The monoisotopic (exact) mass is 234 g/mol. The summed E-state index contributed by atoms with van der Waals surface area (Å²) in [4.78, 5) is 26.5. The molecular formula is C12H14N2O3. The van der Waals surface area contributed by atoms with Crippen molar-refractivity contribution in [3.8, 4) is 0 Å².